The minimum absolute atomic E-state index is 0.134. The number of hydrogen-bond acceptors (Lipinski definition) is 4. The van der Waals surface area contributed by atoms with Gasteiger partial charge in [0.15, 0.2) is 0 Å². The summed E-state index contributed by atoms with van der Waals surface area (Å²) >= 11 is 5.93. The number of nitrogens with zero attached hydrogens (tertiary/aromatic N) is 2. The number of halogens is 4. The molecule has 1 rings (SSSR count). The monoisotopic (exact) mass is 429 g/mol. The molecule has 0 saturated carbocycles. The molecule has 0 atom stereocenters. The van der Waals surface area contributed by atoms with E-state index in [2.05, 4.69) is 0 Å². The molecule has 0 heterocycles. The van der Waals surface area contributed by atoms with Crippen molar-refractivity contribution in [2.45, 2.75) is 24.9 Å². The van der Waals surface area contributed by atoms with E-state index in [4.69, 9.17) is 17.3 Å². The first-order chi connectivity index (χ1) is 12.3. The number of sulfonamides is 1. The zero-order valence-corrected chi connectivity index (χ0v) is 16.2. The molecule has 12 heteroatoms. The summed E-state index contributed by atoms with van der Waals surface area (Å²) in [6.07, 6.45) is -4.77. The van der Waals surface area contributed by atoms with E-state index in [1.807, 2.05) is 0 Å². The summed E-state index contributed by atoms with van der Waals surface area (Å²) in [5.41, 5.74) is 4.54. The maximum atomic E-state index is 12.7. The summed E-state index contributed by atoms with van der Waals surface area (Å²) in [5, 5.41) is -0.185. The van der Waals surface area contributed by atoms with Crippen LogP contribution in [0.2, 0.25) is 5.02 Å². The number of nitrogens with two attached hydrogens (primary N) is 1. The predicted octanol–water partition coefficient (Wildman–Crippen LogP) is 1.86. The van der Waals surface area contributed by atoms with Crippen LogP contribution in [0.4, 0.5) is 13.2 Å². The fourth-order valence-electron chi connectivity index (χ4n) is 2.32. The molecule has 1 aromatic rings. The SMILES string of the molecule is CCN(CC)S(=O)(=O)c1cc(C(=O)N(CC(N)=O)CC(F)(F)F)ccc1Cl. The molecule has 0 aliphatic heterocycles. The van der Waals surface area contributed by atoms with Crippen LogP contribution in [0.5, 0.6) is 0 Å². The average molecular weight is 430 g/mol. The van der Waals surface area contributed by atoms with Crippen LogP contribution >= 0.6 is 11.6 Å². The molecule has 0 aromatic heterocycles. The third-order valence-electron chi connectivity index (χ3n) is 3.51. The van der Waals surface area contributed by atoms with E-state index in [-0.39, 0.29) is 28.6 Å². The van der Waals surface area contributed by atoms with Gasteiger partial charge in [0.05, 0.1) is 11.6 Å². The van der Waals surface area contributed by atoms with Crippen molar-refractivity contribution in [3.63, 3.8) is 0 Å². The van der Waals surface area contributed by atoms with Crippen molar-refractivity contribution >= 4 is 33.4 Å². The van der Waals surface area contributed by atoms with E-state index in [1.165, 1.54) is 0 Å². The maximum Gasteiger partial charge on any atom is 0.406 e. The Morgan fingerprint density at radius 3 is 2.19 bits per heavy atom. The zero-order chi connectivity index (χ0) is 21.0. The first-order valence-corrected chi connectivity index (χ1v) is 9.59. The molecule has 27 heavy (non-hydrogen) atoms. The third kappa shape index (κ3) is 6.08. The second kappa shape index (κ2) is 8.89. The van der Waals surface area contributed by atoms with Gasteiger partial charge < -0.3 is 10.6 Å². The highest BCUT2D eigenvalue weighted by atomic mass is 35.5. The Balaban J connectivity index is 3.37. The Morgan fingerprint density at radius 2 is 1.74 bits per heavy atom. The highest BCUT2D eigenvalue weighted by Crippen LogP contribution is 2.27. The molecule has 2 amide bonds. The molecule has 0 saturated heterocycles. The van der Waals surface area contributed by atoms with Gasteiger partial charge in [-0.2, -0.15) is 17.5 Å². The Hall–Kier alpha value is -1.85. The lowest BCUT2D eigenvalue weighted by Gasteiger charge is -2.23. The van der Waals surface area contributed by atoms with E-state index in [0.29, 0.717) is 0 Å². The quantitative estimate of drug-likeness (QED) is 0.681. The van der Waals surface area contributed by atoms with Crippen LogP contribution in [0, 0.1) is 0 Å². The molecular formula is C15H19ClF3N3O4S. The highest BCUT2D eigenvalue weighted by molar-refractivity contribution is 7.89. The molecule has 0 aliphatic carbocycles. The van der Waals surface area contributed by atoms with Crippen molar-refractivity contribution in [3.8, 4) is 0 Å². The number of carbonyl (C=O) groups is 2. The van der Waals surface area contributed by atoms with Gasteiger partial charge in [-0.25, -0.2) is 8.42 Å². The van der Waals surface area contributed by atoms with Gasteiger partial charge in [0.1, 0.15) is 11.4 Å². The van der Waals surface area contributed by atoms with Crippen molar-refractivity contribution in [1.82, 2.24) is 9.21 Å². The summed E-state index contributed by atoms with van der Waals surface area (Å²) in [6, 6.07) is 3.07. The van der Waals surface area contributed by atoms with Gasteiger partial charge in [-0.05, 0) is 18.2 Å². The van der Waals surface area contributed by atoms with Crippen molar-refractivity contribution in [3.05, 3.63) is 28.8 Å². The van der Waals surface area contributed by atoms with Crippen molar-refractivity contribution < 1.29 is 31.2 Å². The number of alkyl halides is 3. The summed E-state index contributed by atoms with van der Waals surface area (Å²) in [4.78, 5) is 23.2. The summed E-state index contributed by atoms with van der Waals surface area (Å²) in [5.74, 6) is -2.34. The van der Waals surface area contributed by atoms with Crippen LogP contribution in [0.3, 0.4) is 0 Å². The van der Waals surface area contributed by atoms with E-state index in [0.717, 1.165) is 22.5 Å². The molecule has 0 unspecified atom stereocenters. The molecule has 7 nitrogen and oxygen atoms in total. The molecule has 1 aromatic carbocycles. The number of benzene rings is 1. The molecule has 0 spiro atoms. The highest BCUT2D eigenvalue weighted by Gasteiger charge is 2.34. The second-order valence-electron chi connectivity index (χ2n) is 5.48. The normalized spacial score (nSPS) is 12.3. The van der Waals surface area contributed by atoms with Crippen LogP contribution in [0.1, 0.15) is 24.2 Å². The van der Waals surface area contributed by atoms with Crippen LogP contribution in [-0.2, 0) is 14.8 Å². The fourth-order valence-corrected chi connectivity index (χ4v) is 4.28. The number of hydrogen-bond donors (Lipinski definition) is 1. The summed E-state index contributed by atoms with van der Waals surface area (Å²) in [7, 11) is -4.05. The van der Waals surface area contributed by atoms with Gasteiger partial charge in [0, 0.05) is 18.7 Å². The minimum Gasteiger partial charge on any atom is -0.368 e. The molecular weight excluding hydrogens is 411 g/mol. The van der Waals surface area contributed by atoms with Gasteiger partial charge in [0.2, 0.25) is 15.9 Å². The van der Waals surface area contributed by atoms with Crippen LogP contribution in [0.15, 0.2) is 23.1 Å². The number of amides is 2. The molecule has 2 N–H and O–H groups in total. The lowest BCUT2D eigenvalue weighted by atomic mass is 10.2. The molecule has 0 bridgehead atoms. The van der Waals surface area contributed by atoms with Crippen molar-refractivity contribution in [1.29, 1.82) is 0 Å². The molecule has 0 fully saturated rings. The standard InChI is InChI=1S/C15H19ClF3N3O4S/c1-3-22(4-2)27(25,26)12-7-10(5-6-11(12)16)14(24)21(8-13(20)23)9-15(17,18)19/h5-7H,3-4,8-9H2,1-2H3,(H2,20,23). The largest absolute Gasteiger partial charge is 0.406 e. The van der Waals surface area contributed by atoms with Crippen LogP contribution in [-0.4, -0.2) is 61.8 Å². The number of primary amides is 1. The Kier molecular flexibility index (Phi) is 7.64. The molecule has 0 radical (unpaired) electrons. The maximum absolute atomic E-state index is 12.7. The van der Waals surface area contributed by atoms with Crippen LogP contribution < -0.4 is 5.73 Å². The zero-order valence-electron chi connectivity index (χ0n) is 14.6. The lowest BCUT2D eigenvalue weighted by molar-refractivity contribution is -0.143. The fraction of sp³-hybridized carbons (Fsp3) is 0.467. The first-order valence-electron chi connectivity index (χ1n) is 7.77. The van der Waals surface area contributed by atoms with Crippen molar-refractivity contribution in [2.24, 2.45) is 5.73 Å². The average Bonchev–Trinajstić information content (AvgIpc) is 2.53. The van der Waals surface area contributed by atoms with Crippen molar-refractivity contribution in [2.75, 3.05) is 26.2 Å². The Morgan fingerprint density at radius 1 is 1.19 bits per heavy atom. The molecule has 152 valence electrons. The third-order valence-corrected chi connectivity index (χ3v) is 6.04. The van der Waals surface area contributed by atoms with Gasteiger partial charge >= 0.3 is 6.18 Å². The van der Waals surface area contributed by atoms with E-state index in [1.54, 1.807) is 13.8 Å². The van der Waals surface area contributed by atoms with Gasteiger partial charge in [0.25, 0.3) is 5.91 Å². The van der Waals surface area contributed by atoms with E-state index < -0.39 is 46.0 Å². The van der Waals surface area contributed by atoms with Gasteiger partial charge in [-0.15, -0.1) is 0 Å². The van der Waals surface area contributed by atoms with Gasteiger partial charge in [-0.1, -0.05) is 25.4 Å². The predicted molar refractivity (Wildman–Crippen MR) is 92.7 cm³/mol. The lowest BCUT2D eigenvalue weighted by Crippen LogP contribution is -2.43. The number of carbonyl (C=O) groups excluding carboxylic acids is 2. The van der Waals surface area contributed by atoms with Crippen LogP contribution in [0.25, 0.3) is 0 Å². The molecule has 0 aliphatic rings. The number of rotatable bonds is 8. The Labute approximate surface area is 159 Å². The topological polar surface area (TPSA) is 101 Å². The second-order valence-corrected chi connectivity index (χ2v) is 7.79. The van der Waals surface area contributed by atoms with E-state index in [9.17, 15) is 31.2 Å². The summed E-state index contributed by atoms with van der Waals surface area (Å²) in [6.45, 7) is 0.781. The van der Waals surface area contributed by atoms with Gasteiger partial charge in [-0.3, -0.25) is 9.59 Å². The smallest absolute Gasteiger partial charge is 0.368 e. The minimum atomic E-state index is -4.77. The summed E-state index contributed by atoms with van der Waals surface area (Å²) < 4.78 is 64.4. The Bertz CT molecular complexity index is 811. The first kappa shape index (κ1) is 23.2. The van der Waals surface area contributed by atoms with E-state index >= 15 is 0 Å².